The quantitative estimate of drug-likeness (QED) is 0.582. The van der Waals surface area contributed by atoms with Crippen molar-refractivity contribution in [3.63, 3.8) is 0 Å². The summed E-state index contributed by atoms with van der Waals surface area (Å²) in [4.78, 5) is 7.27. The molecule has 2 nitrogen and oxygen atoms in total. The lowest BCUT2D eigenvalue weighted by atomic mass is 10.2. The van der Waals surface area contributed by atoms with Gasteiger partial charge in [0, 0.05) is 8.96 Å². The molecule has 0 radical (unpaired) electrons. The summed E-state index contributed by atoms with van der Waals surface area (Å²) < 4.78 is 25.7. The number of fused-ring (bicyclic) bond motifs is 1. The van der Waals surface area contributed by atoms with E-state index in [1.165, 1.54) is 0 Å². The van der Waals surface area contributed by atoms with E-state index in [4.69, 9.17) is 11.6 Å². The first-order valence-corrected chi connectivity index (χ1v) is 5.44. The summed E-state index contributed by atoms with van der Waals surface area (Å²) >= 11 is 7.89. The van der Waals surface area contributed by atoms with E-state index in [9.17, 15) is 8.78 Å². The van der Waals surface area contributed by atoms with Gasteiger partial charge < -0.3 is 0 Å². The third-order valence-electron chi connectivity index (χ3n) is 1.82. The van der Waals surface area contributed by atoms with Crippen molar-refractivity contribution in [1.29, 1.82) is 0 Å². The average Bonchev–Trinajstić information content (AvgIpc) is 2.18. The molecule has 0 aliphatic rings. The van der Waals surface area contributed by atoms with Crippen LogP contribution in [0.1, 0.15) is 12.2 Å². The zero-order chi connectivity index (χ0) is 11.0. The number of nitrogens with zero attached hydrogens (tertiary/aromatic N) is 2. The molecule has 0 saturated carbocycles. The molecule has 1 aromatic heterocycles. The minimum Gasteiger partial charge on any atom is -0.227 e. The molecule has 0 atom stereocenters. The molecule has 15 heavy (non-hydrogen) atoms. The van der Waals surface area contributed by atoms with Gasteiger partial charge in [-0.15, -0.1) is 0 Å². The van der Waals surface area contributed by atoms with E-state index in [1.807, 2.05) is 0 Å². The standard InChI is InChI=1S/C9H4ClF2IN2/c10-7-5-3-4(13)1-2-6(5)14-9(15-7)8(11)12/h1-3,8H. The van der Waals surface area contributed by atoms with Crippen LogP contribution in [0.15, 0.2) is 18.2 Å². The Hall–Kier alpha value is -0.560. The van der Waals surface area contributed by atoms with Crippen LogP contribution < -0.4 is 0 Å². The van der Waals surface area contributed by atoms with Crippen LogP contribution in [0.4, 0.5) is 8.78 Å². The van der Waals surface area contributed by atoms with Crippen molar-refractivity contribution in [3.8, 4) is 0 Å². The maximum Gasteiger partial charge on any atom is 0.297 e. The van der Waals surface area contributed by atoms with Crippen molar-refractivity contribution >= 4 is 45.1 Å². The molecule has 0 bridgehead atoms. The van der Waals surface area contributed by atoms with Crippen molar-refractivity contribution in [2.75, 3.05) is 0 Å². The summed E-state index contributed by atoms with van der Waals surface area (Å²) in [5, 5.41) is 0.654. The van der Waals surface area contributed by atoms with Crippen LogP contribution in [0.3, 0.4) is 0 Å². The van der Waals surface area contributed by atoms with Crippen molar-refractivity contribution in [3.05, 3.63) is 32.7 Å². The van der Waals surface area contributed by atoms with Gasteiger partial charge in [-0.05, 0) is 40.8 Å². The van der Waals surface area contributed by atoms with Crippen LogP contribution >= 0.6 is 34.2 Å². The van der Waals surface area contributed by atoms with Gasteiger partial charge in [-0.25, -0.2) is 18.7 Å². The molecule has 0 amide bonds. The number of benzene rings is 1. The van der Waals surface area contributed by atoms with Crippen LogP contribution in [-0.2, 0) is 0 Å². The Bertz CT molecular complexity index is 519. The number of hydrogen-bond acceptors (Lipinski definition) is 2. The van der Waals surface area contributed by atoms with Crippen molar-refractivity contribution in [1.82, 2.24) is 9.97 Å². The molecule has 78 valence electrons. The van der Waals surface area contributed by atoms with Crippen LogP contribution in [0.2, 0.25) is 5.15 Å². The fourth-order valence-corrected chi connectivity index (χ4v) is 1.91. The molecule has 1 aromatic carbocycles. The Kier molecular flexibility index (Phi) is 3.01. The second-order valence-electron chi connectivity index (χ2n) is 2.83. The van der Waals surface area contributed by atoms with E-state index in [1.54, 1.807) is 18.2 Å². The number of alkyl halides is 2. The number of rotatable bonds is 1. The van der Waals surface area contributed by atoms with E-state index >= 15 is 0 Å². The lowest BCUT2D eigenvalue weighted by Crippen LogP contribution is -1.96. The van der Waals surface area contributed by atoms with Crippen LogP contribution in [-0.4, -0.2) is 9.97 Å². The molecule has 0 aliphatic heterocycles. The molecular formula is C9H4ClF2IN2. The van der Waals surface area contributed by atoms with Crippen molar-refractivity contribution < 1.29 is 8.78 Å². The maximum absolute atomic E-state index is 12.4. The summed E-state index contributed by atoms with van der Waals surface area (Å²) in [5.41, 5.74) is 0.436. The van der Waals surface area contributed by atoms with Gasteiger partial charge in [0.25, 0.3) is 6.43 Å². The lowest BCUT2D eigenvalue weighted by Gasteiger charge is -2.03. The second-order valence-corrected chi connectivity index (χ2v) is 4.44. The summed E-state index contributed by atoms with van der Waals surface area (Å²) in [6.45, 7) is 0. The number of hydrogen-bond donors (Lipinski definition) is 0. The fourth-order valence-electron chi connectivity index (χ4n) is 1.18. The predicted molar refractivity (Wildman–Crippen MR) is 62.2 cm³/mol. The van der Waals surface area contributed by atoms with Gasteiger partial charge in [-0.1, -0.05) is 11.6 Å². The smallest absolute Gasteiger partial charge is 0.227 e. The molecule has 6 heteroatoms. The first-order chi connectivity index (χ1) is 7.08. The van der Waals surface area contributed by atoms with Gasteiger partial charge in [-0.3, -0.25) is 0 Å². The third kappa shape index (κ3) is 2.17. The highest BCUT2D eigenvalue weighted by molar-refractivity contribution is 14.1. The maximum atomic E-state index is 12.4. The first kappa shape index (κ1) is 10.9. The summed E-state index contributed by atoms with van der Waals surface area (Å²) in [5.74, 6) is -0.534. The molecular weight excluding hydrogens is 336 g/mol. The minimum atomic E-state index is -2.70. The van der Waals surface area contributed by atoms with Crippen LogP contribution in [0.5, 0.6) is 0 Å². The largest absolute Gasteiger partial charge is 0.297 e. The summed E-state index contributed by atoms with van der Waals surface area (Å²) in [6.07, 6.45) is -2.70. The Labute approximate surface area is 103 Å². The van der Waals surface area contributed by atoms with Gasteiger partial charge >= 0.3 is 0 Å². The summed E-state index contributed by atoms with van der Waals surface area (Å²) in [6, 6.07) is 5.19. The molecule has 0 saturated heterocycles. The van der Waals surface area contributed by atoms with Gasteiger partial charge in [-0.2, -0.15) is 0 Å². The predicted octanol–water partition coefficient (Wildman–Crippen LogP) is 3.83. The molecule has 0 N–H and O–H groups in total. The van der Waals surface area contributed by atoms with E-state index in [2.05, 4.69) is 32.6 Å². The summed E-state index contributed by atoms with van der Waals surface area (Å²) in [7, 11) is 0. The van der Waals surface area contributed by atoms with Crippen molar-refractivity contribution in [2.24, 2.45) is 0 Å². The molecule has 1 heterocycles. The fraction of sp³-hybridized carbons (Fsp3) is 0.111. The molecule has 2 rings (SSSR count). The molecule has 0 unspecified atom stereocenters. The molecule has 0 aliphatic carbocycles. The highest BCUT2D eigenvalue weighted by atomic mass is 127. The Morgan fingerprint density at radius 3 is 2.67 bits per heavy atom. The third-order valence-corrected chi connectivity index (χ3v) is 2.78. The van der Waals surface area contributed by atoms with E-state index in [0.29, 0.717) is 10.9 Å². The van der Waals surface area contributed by atoms with Gasteiger partial charge in [0.1, 0.15) is 5.15 Å². The molecule has 0 spiro atoms. The molecule has 2 aromatic rings. The topological polar surface area (TPSA) is 25.8 Å². The van der Waals surface area contributed by atoms with Gasteiger partial charge in [0.05, 0.1) is 5.52 Å². The van der Waals surface area contributed by atoms with Gasteiger partial charge in [0.15, 0.2) is 5.82 Å². The Morgan fingerprint density at radius 1 is 1.27 bits per heavy atom. The lowest BCUT2D eigenvalue weighted by molar-refractivity contribution is 0.141. The highest BCUT2D eigenvalue weighted by Crippen LogP contribution is 2.25. The zero-order valence-corrected chi connectivity index (χ0v) is 10.1. The van der Waals surface area contributed by atoms with Crippen LogP contribution in [0.25, 0.3) is 10.9 Å². The van der Waals surface area contributed by atoms with Gasteiger partial charge in [0.2, 0.25) is 0 Å². The van der Waals surface area contributed by atoms with E-state index < -0.39 is 12.2 Å². The Morgan fingerprint density at radius 2 is 2.00 bits per heavy atom. The zero-order valence-electron chi connectivity index (χ0n) is 7.22. The number of halogens is 4. The number of aromatic nitrogens is 2. The second kappa shape index (κ2) is 4.13. The first-order valence-electron chi connectivity index (χ1n) is 3.99. The van der Waals surface area contributed by atoms with E-state index in [0.717, 1.165) is 3.57 Å². The normalized spacial score (nSPS) is 11.3. The average molecular weight is 340 g/mol. The molecule has 0 fully saturated rings. The van der Waals surface area contributed by atoms with Crippen LogP contribution in [0, 0.1) is 3.57 Å². The Balaban J connectivity index is 2.73. The highest BCUT2D eigenvalue weighted by Gasteiger charge is 2.14. The monoisotopic (exact) mass is 340 g/mol. The SMILES string of the molecule is FC(F)c1nc(Cl)c2cc(I)ccc2n1. The van der Waals surface area contributed by atoms with E-state index in [-0.39, 0.29) is 5.15 Å². The minimum absolute atomic E-state index is 0.0637. The van der Waals surface area contributed by atoms with Crippen molar-refractivity contribution in [2.45, 2.75) is 6.43 Å².